The fourth-order valence-electron chi connectivity index (χ4n) is 5.50. The van der Waals surface area contributed by atoms with Crippen LogP contribution in [0.5, 0.6) is 0 Å². The molecule has 152 valence electrons. The average Bonchev–Trinajstić information content (AvgIpc) is 2.66. The molecule has 0 radical (unpaired) electrons. The summed E-state index contributed by atoms with van der Waals surface area (Å²) in [5, 5.41) is 3.13. The van der Waals surface area contributed by atoms with Crippen LogP contribution in [-0.4, -0.2) is 49.1 Å². The van der Waals surface area contributed by atoms with E-state index in [1.54, 1.807) is 0 Å². The fourth-order valence-corrected chi connectivity index (χ4v) is 5.50. The molecule has 2 saturated carbocycles. The molecule has 1 aromatic rings. The van der Waals surface area contributed by atoms with Gasteiger partial charge in [0.25, 0.3) is 5.91 Å². The Morgan fingerprint density at radius 2 is 1.46 bits per heavy atom. The SMILES string of the molecule is O=C(NC1CCC1)c1ccc(N2CCC3(CC2)CCN(C2CCC2)CC3)cc1. The summed E-state index contributed by atoms with van der Waals surface area (Å²) < 4.78 is 0. The number of anilines is 1. The molecule has 2 aliphatic heterocycles. The molecule has 1 spiro atoms. The molecular formula is C24H35N3O. The Morgan fingerprint density at radius 3 is 2.00 bits per heavy atom. The van der Waals surface area contributed by atoms with Crippen LogP contribution in [0.15, 0.2) is 24.3 Å². The van der Waals surface area contributed by atoms with Crippen LogP contribution in [0.2, 0.25) is 0 Å². The number of nitrogens with one attached hydrogen (secondary N) is 1. The third-order valence-electron chi connectivity index (χ3n) is 8.21. The summed E-state index contributed by atoms with van der Waals surface area (Å²) in [6.07, 6.45) is 13.3. The number of benzene rings is 1. The molecule has 4 fully saturated rings. The van der Waals surface area contributed by atoms with Gasteiger partial charge in [-0.1, -0.05) is 6.42 Å². The third kappa shape index (κ3) is 3.68. The highest BCUT2D eigenvalue weighted by Crippen LogP contribution is 2.43. The molecule has 2 heterocycles. The van der Waals surface area contributed by atoms with Crippen molar-refractivity contribution in [2.75, 3.05) is 31.1 Å². The molecule has 5 rings (SSSR count). The van der Waals surface area contributed by atoms with Gasteiger partial charge >= 0.3 is 0 Å². The van der Waals surface area contributed by atoms with Crippen LogP contribution in [0.4, 0.5) is 5.69 Å². The highest BCUT2D eigenvalue weighted by Gasteiger charge is 2.39. The Morgan fingerprint density at radius 1 is 0.857 bits per heavy atom. The van der Waals surface area contributed by atoms with Crippen LogP contribution in [0, 0.1) is 5.41 Å². The molecule has 1 N–H and O–H groups in total. The third-order valence-corrected chi connectivity index (χ3v) is 8.21. The van der Waals surface area contributed by atoms with E-state index in [-0.39, 0.29) is 5.91 Å². The molecule has 4 heteroatoms. The Kier molecular flexibility index (Phi) is 5.08. The van der Waals surface area contributed by atoms with E-state index in [9.17, 15) is 4.79 Å². The Labute approximate surface area is 169 Å². The average molecular weight is 382 g/mol. The summed E-state index contributed by atoms with van der Waals surface area (Å²) in [6, 6.07) is 9.62. The van der Waals surface area contributed by atoms with Crippen molar-refractivity contribution in [3.05, 3.63) is 29.8 Å². The Hall–Kier alpha value is -1.55. The zero-order valence-corrected chi connectivity index (χ0v) is 17.2. The second kappa shape index (κ2) is 7.70. The normalized spacial score (nSPS) is 25.9. The lowest BCUT2D eigenvalue weighted by atomic mass is 9.70. The minimum Gasteiger partial charge on any atom is -0.371 e. The molecule has 0 aromatic heterocycles. The van der Waals surface area contributed by atoms with Gasteiger partial charge in [-0.3, -0.25) is 4.79 Å². The second-order valence-corrected chi connectivity index (χ2v) is 9.76. The fraction of sp³-hybridized carbons (Fsp3) is 0.708. The predicted molar refractivity (Wildman–Crippen MR) is 114 cm³/mol. The van der Waals surface area contributed by atoms with Gasteiger partial charge in [0.2, 0.25) is 0 Å². The minimum absolute atomic E-state index is 0.0899. The van der Waals surface area contributed by atoms with Crippen molar-refractivity contribution in [3.8, 4) is 0 Å². The van der Waals surface area contributed by atoms with Gasteiger partial charge < -0.3 is 15.1 Å². The number of rotatable bonds is 4. The summed E-state index contributed by atoms with van der Waals surface area (Å²) >= 11 is 0. The van der Waals surface area contributed by atoms with Crippen molar-refractivity contribution < 1.29 is 4.79 Å². The molecular weight excluding hydrogens is 346 g/mol. The molecule has 0 unspecified atom stereocenters. The van der Waals surface area contributed by atoms with Crippen LogP contribution in [0.3, 0.4) is 0 Å². The van der Waals surface area contributed by atoms with Gasteiger partial charge in [0.05, 0.1) is 0 Å². The summed E-state index contributed by atoms with van der Waals surface area (Å²) in [5.74, 6) is 0.0899. The number of nitrogens with zero attached hydrogens (tertiary/aromatic N) is 2. The van der Waals surface area contributed by atoms with Crippen molar-refractivity contribution in [1.82, 2.24) is 10.2 Å². The summed E-state index contributed by atoms with van der Waals surface area (Å²) in [5.41, 5.74) is 2.67. The van der Waals surface area contributed by atoms with Crippen LogP contribution in [0.25, 0.3) is 0 Å². The number of hydrogen-bond donors (Lipinski definition) is 1. The number of amides is 1. The number of carbonyl (C=O) groups excluding carboxylic acids is 1. The monoisotopic (exact) mass is 381 g/mol. The molecule has 1 amide bonds. The van der Waals surface area contributed by atoms with Gasteiger partial charge in [-0.15, -0.1) is 0 Å². The molecule has 0 bridgehead atoms. The zero-order valence-electron chi connectivity index (χ0n) is 17.2. The molecule has 4 aliphatic rings. The number of piperidine rings is 2. The van der Waals surface area contributed by atoms with Crippen LogP contribution in [-0.2, 0) is 0 Å². The minimum atomic E-state index is 0.0899. The maximum atomic E-state index is 12.3. The lowest BCUT2D eigenvalue weighted by Gasteiger charge is -2.50. The lowest BCUT2D eigenvalue weighted by molar-refractivity contribution is 0.0306. The van der Waals surface area contributed by atoms with Crippen LogP contribution >= 0.6 is 0 Å². The maximum absolute atomic E-state index is 12.3. The van der Waals surface area contributed by atoms with Crippen LogP contribution < -0.4 is 10.2 Å². The summed E-state index contributed by atoms with van der Waals surface area (Å²) in [4.78, 5) is 17.6. The number of likely N-dealkylation sites (tertiary alicyclic amines) is 1. The predicted octanol–water partition coefficient (Wildman–Crippen LogP) is 4.20. The smallest absolute Gasteiger partial charge is 0.251 e. The van der Waals surface area contributed by atoms with Gasteiger partial charge in [0.15, 0.2) is 0 Å². The van der Waals surface area contributed by atoms with Crippen molar-refractivity contribution in [3.63, 3.8) is 0 Å². The van der Waals surface area contributed by atoms with Gasteiger partial charge in [-0.2, -0.15) is 0 Å². The Bertz CT molecular complexity index is 674. The highest BCUT2D eigenvalue weighted by molar-refractivity contribution is 5.94. The van der Waals surface area contributed by atoms with Gasteiger partial charge in [0, 0.05) is 36.4 Å². The zero-order chi connectivity index (χ0) is 19.0. The summed E-state index contributed by atoms with van der Waals surface area (Å²) in [7, 11) is 0. The number of carbonyl (C=O) groups is 1. The van der Waals surface area contributed by atoms with Gasteiger partial charge in [0.1, 0.15) is 0 Å². The molecule has 4 nitrogen and oxygen atoms in total. The molecule has 28 heavy (non-hydrogen) atoms. The van der Waals surface area contributed by atoms with Crippen molar-refractivity contribution in [2.45, 2.75) is 76.3 Å². The summed E-state index contributed by atoms with van der Waals surface area (Å²) in [6.45, 7) is 4.99. The van der Waals surface area contributed by atoms with Crippen molar-refractivity contribution in [1.29, 1.82) is 0 Å². The molecule has 1 aromatic carbocycles. The van der Waals surface area contributed by atoms with E-state index in [1.807, 2.05) is 12.1 Å². The first-order chi connectivity index (χ1) is 13.7. The van der Waals surface area contributed by atoms with Crippen molar-refractivity contribution >= 4 is 11.6 Å². The van der Waals surface area contributed by atoms with Crippen LogP contribution in [0.1, 0.15) is 74.6 Å². The van der Waals surface area contributed by atoms with Gasteiger partial charge in [-0.25, -0.2) is 0 Å². The quantitative estimate of drug-likeness (QED) is 0.849. The van der Waals surface area contributed by atoms with E-state index in [1.165, 1.54) is 70.1 Å². The topological polar surface area (TPSA) is 35.6 Å². The first-order valence-corrected chi connectivity index (χ1v) is 11.6. The highest BCUT2D eigenvalue weighted by atomic mass is 16.1. The van der Waals surface area contributed by atoms with Crippen molar-refractivity contribution in [2.24, 2.45) is 5.41 Å². The maximum Gasteiger partial charge on any atom is 0.251 e. The molecule has 0 atom stereocenters. The standard InChI is InChI=1S/C24H35N3O/c28-23(25-20-3-1-4-20)19-7-9-22(10-8-19)27-17-13-24(14-18-27)11-15-26(16-12-24)21-5-2-6-21/h7-10,20-21H,1-6,11-18H2,(H,25,28). The van der Waals surface area contributed by atoms with E-state index >= 15 is 0 Å². The number of hydrogen-bond acceptors (Lipinski definition) is 3. The van der Waals surface area contributed by atoms with E-state index in [4.69, 9.17) is 0 Å². The largest absolute Gasteiger partial charge is 0.371 e. The molecule has 2 saturated heterocycles. The van der Waals surface area contributed by atoms with Gasteiger partial charge in [-0.05, 0) is 101 Å². The second-order valence-electron chi connectivity index (χ2n) is 9.76. The first kappa shape index (κ1) is 18.5. The van der Waals surface area contributed by atoms with E-state index in [0.29, 0.717) is 11.5 Å². The van der Waals surface area contributed by atoms with E-state index in [2.05, 4.69) is 27.2 Å². The molecule has 2 aliphatic carbocycles. The Balaban J connectivity index is 1.13. The van der Waals surface area contributed by atoms with E-state index < -0.39 is 0 Å². The van der Waals surface area contributed by atoms with E-state index in [0.717, 1.165) is 37.5 Å². The first-order valence-electron chi connectivity index (χ1n) is 11.6. The lowest BCUT2D eigenvalue weighted by Crippen LogP contribution is -2.50.